The van der Waals surface area contributed by atoms with Crippen molar-refractivity contribution in [1.29, 1.82) is 0 Å². The lowest BCUT2D eigenvalue weighted by molar-refractivity contribution is 0.283. The van der Waals surface area contributed by atoms with Gasteiger partial charge in [-0.1, -0.05) is 0 Å². The zero-order valence-electron chi connectivity index (χ0n) is 7.81. The van der Waals surface area contributed by atoms with Crippen LogP contribution in [0.1, 0.15) is 5.82 Å². The van der Waals surface area contributed by atoms with Crippen LogP contribution in [0.5, 0.6) is 0 Å². The molecule has 0 bridgehead atoms. The molecule has 1 aliphatic heterocycles. The average Bonchev–Trinajstić information content (AvgIpc) is 2.54. The second-order valence-electron chi connectivity index (χ2n) is 3.25. The van der Waals surface area contributed by atoms with Gasteiger partial charge in [-0.25, -0.2) is 0 Å². The summed E-state index contributed by atoms with van der Waals surface area (Å²) in [5.41, 5.74) is 0. The second-order valence-corrected chi connectivity index (χ2v) is 4.47. The van der Waals surface area contributed by atoms with Gasteiger partial charge in [-0.05, 0) is 0 Å². The first-order chi connectivity index (χ1) is 6.36. The minimum atomic E-state index is 0.942. The second kappa shape index (κ2) is 4.11. The highest BCUT2D eigenvalue weighted by Gasteiger charge is 2.12. The van der Waals surface area contributed by atoms with Crippen LogP contribution in [0.4, 0.5) is 0 Å². The SMILES string of the molecule is Cn1cnnc1CN1CCSCC1. The molecule has 5 heteroatoms. The molecule has 0 aliphatic carbocycles. The van der Waals surface area contributed by atoms with Gasteiger partial charge in [0.25, 0.3) is 0 Å². The molecule has 1 aliphatic rings. The van der Waals surface area contributed by atoms with Gasteiger partial charge in [0, 0.05) is 31.6 Å². The van der Waals surface area contributed by atoms with Crippen molar-refractivity contribution in [2.24, 2.45) is 7.05 Å². The van der Waals surface area contributed by atoms with Crippen molar-refractivity contribution < 1.29 is 0 Å². The Morgan fingerprint density at radius 3 is 2.85 bits per heavy atom. The standard InChI is InChI=1S/C8H14N4S/c1-11-7-9-10-8(11)6-12-2-4-13-5-3-12/h7H,2-6H2,1H3. The van der Waals surface area contributed by atoms with Gasteiger partial charge >= 0.3 is 0 Å². The van der Waals surface area contributed by atoms with Crippen LogP contribution >= 0.6 is 11.8 Å². The summed E-state index contributed by atoms with van der Waals surface area (Å²) in [6.07, 6.45) is 1.76. The highest BCUT2D eigenvalue weighted by molar-refractivity contribution is 7.99. The molecular weight excluding hydrogens is 184 g/mol. The molecule has 1 aromatic rings. The van der Waals surface area contributed by atoms with E-state index in [0.717, 1.165) is 12.4 Å². The minimum absolute atomic E-state index is 0.942. The van der Waals surface area contributed by atoms with Crippen molar-refractivity contribution in [2.75, 3.05) is 24.6 Å². The molecule has 2 rings (SSSR count). The Kier molecular flexibility index (Phi) is 2.85. The van der Waals surface area contributed by atoms with E-state index in [9.17, 15) is 0 Å². The Morgan fingerprint density at radius 2 is 2.23 bits per heavy atom. The summed E-state index contributed by atoms with van der Waals surface area (Å²) < 4.78 is 1.99. The molecule has 0 N–H and O–H groups in total. The zero-order chi connectivity index (χ0) is 9.10. The monoisotopic (exact) mass is 198 g/mol. The van der Waals surface area contributed by atoms with Crippen LogP contribution in [-0.2, 0) is 13.6 Å². The molecule has 0 amide bonds. The predicted molar refractivity (Wildman–Crippen MR) is 53.6 cm³/mol. The number of aromatic nitrogens is 3. The van der Waals surface area contributed by atoms with E-state index in [1.54, 1.807) is 6.33 Å². The summed E-state index contributed by atoms with van der Waals surface area (Å²) >= 11 is 2.03. The van der Waals surface area contributed by atoms with Crippen LogP contribution in [0.2, 0.25) is 0 Å². The Bertz CT molecular complexity index is 267. The van der Waals surface area contributed by atoms with Crippen molar-refractivity contribution in [3.05, 3.63) is 12.2 Å². The highest BCUT2D eigenvalue weighted by atomic mass is 32.2. The predicted octanol–water partition coefficient (Wildman–Crippen LogP) is 0.364. The third-order valence-electron chi connectivity index (χ3n) is 2.27. The van der Waals surface area contributed by atoms with Gasteiger partial charge in [-0.3, -0.25) is 4.90 Å². The van der Waals surface area contributed by atoms with E-state index in [4.69, 9.17) is 0 Å². The van der Waals surface area contributed by atoms with Gasteiger partial charge in [0.05, 0.1) is 6.54 Å². The fourth-order valence-electron chi connectivity index (χ4n) is 1.41. The third-order valence-corrected chi connectivity index (χ3v) is 3.22. The number of rotatable bonds is 2. The van der Waals surface area contributed by atoms with Crippen LogP contribution in [0.3, 0.4) is 0 Å². The fourth-order valence-corrected chi connectivity index (χ4v) is 2.39. The smallest absolute Gasteiger partial charge is 0.146 e. The quantitative estimate of drug-likeness (QED) is 0.687. The molecule has 0 spiro atoms. The Balaban J connectivity index is 1.93. The minimum Gasteiger partial charge on any atom is -0.320 e. The van der Waals surface area contributed by atoms with Crippen molar-refractivity contribution in [3.63, 3.8) is 0 Å². The van der Waals surface area contributed by atoms with Crippen LogP contribution < -0.4 is 0 Å². The highest BCUT2D eigenvalue weighted by Crippen LogP contribution is 2.11. The van der Waals surface area contributed by atoms with Crippen molar-refractivity contribution in [2.45, 2.75) is 6.54 Å². The normalized spacial score (nSPS) is 19.2. The van der Waals surface area contributed by atoms with Crippen molar-refractivity contribution in [3.8, 4) is 0 Å². The van der Waals surface area contributed by atoms with Crippen LogP contribution in [0.15, 0.2) is 6.33 Å². The molecule has 13 heavy (non-hydrogen) atoms. The largest absolute Gasteiger partial charge is 0.320 e. The van der Waals surface area contributed by atoms with E-state index in [-0.39, 0.29) is 0 Å². The molecule has 0 aromatic carbocycles. The number of hydrogen-bond acceptors (Lipinski definition) is 4. The van der Waals surface area contributed by atoms with E-state index in [1.165, 1.54) is 24.6 Å². The number of hydrogen-bond donors (Lipinski definition) is 0. The lowest BCUT2D eigenvalue weighted by Gasteiger charge is -2.25. The van der Waals surface area contributed by atoms with E-state index in [0.29, 0.717) is 0 Å². The van der Waals surface area contributed by atoms with E-state index in [1.807, 2.05) is 23.4 Å². The van der Waals surface area contributed by atoms with Gasteiger partial charge in [0.2, 0.25) is 0 Å². The van der Waals surface area contributed by atoms with Gasteiger partial charge in [0.15, 0.2) is 0 Å². The number of aryl methyl sites for hydroxylation is 1. The Morgan fingerprint density at radius 1 is 1.46 bits per heavy atom. The maximum absolute atomic E-state index is 4.07. The molecular formula is C8H14N4S. The van der Waals surface area contributed by atoms with Crippen LogP contribution in [0, 0.1) is 0 Å². The lowest BCUT2D eigenvalue weighted by Crippen LogP contribution is -2.32. The van der Waals surface area contributed by atoms with Gasteiger partial charge in [-0.15, -0.1) is 10.2 Å². The Hall–Kier alpha value is -0.550. The molecule has 2 heterocycles. The molecule has 0 saturated carbocycles. The first kappa shape index (κ1) is 9.02. The molecule has 1 fully saturated rings. The Labute approximate surface area is 82.3 Å². The maximum Gasteiger partial charge on any atom is 0.146 e. The third kappa shape index (κ3) is 2.22. The fraction of sp³-hybridized carbons (Fsp3) is 0.750. The van der Waals surface area contributed by atoms with E-state index in [2.05, 4.69) is 15.1 Å². The van der Waals surface area contributed by atoms with Gasteiger partial charge in [-0.2, -0.15) is 11.8 Å². The summed E-state index contributed by atoms with van der Waals surface area (Å²) in [5, 5.41) is 7.94. The van der Waals surface area contributed by atoms with Gasteiger partial charge in [0.1, 0.15) is 12.2 Å². The summed E-state index contributed by atoms with van der Waals surface area (Å²) in [4.78, 5) is 2.43. The number of nitrogens with zero attached hydrogens (tertiary/aromatic N) is 4. The summed E-state index contributed by atoms with van der Waals surface area (Å²) in [6, 6.07) is 0. The van der Waals surface area contributed by atoms with Crippen molar-refractivity contribution >= 4 is 11.8 Å². The topological polar surface area (TPSA) is 34.0 Å². The van der Waals surface area contributed by atoms with Gasteiger partial charge < -0.3 is 4.57 Å². The lowest BCUT2D eigenvalue weighted by atomic mass is 10.4. The summed E-state index contributed by atoms with van der Waals surface area (Å²) in [6.45, 7) is 3.30. The van der Waals surface area contributed by atoms with Crippen LogP contribution in [-0.4, -0.2) is 44.3 Å². The first-order valence-corrected chi connectivity index (χ1v) is 5.65. The maximum atomic E-state index is 4.07. The average molecular weight is 198 g/mol. The van der Waals surface area contributed by atoms with E-state index < -0.39 is 0 Å². The molecule has 0 atom stereocenters. The summed E-state index contributed by atoms with van der Waals surface area (Å²) in [5.74, 6) is 3.56. The van der Waals surface area contributed by atoms with Crippen molar-refractivity contribution in [1.82, 2.24) is 19.7 Å². The molecule has 72 valence electrons. The first-order valence-electron chi connectivity index (χ1n) is 4.49. The number of thioether (sulfide) groups is 1. The molecule has 4 nitrogen and oxygen atoms in total. The zero-order valence-corrected chi connectivity index (χ0v) is 8.63. The molecule has 0 unspecified atom stereocenters. The molecule has 0 radical (unpaired) electrons. The molecule has 1 aromatic heterocycles. The summed E-state index contributed by atoms with van der Waals surface area (Å²) in [7, 11) is 1.99. The van der Waals surface area contributed by atoms with Crippen LogP contribution in [0.25, 0.3) is 0 Å². The van der Waals surface area contributed by atoms with E-state index >= 15 is 0 Å². The molecule has 1 saturated heterocycles.